The molecule has 0 aliphatic rings. The Bertz CT molecular complexity index is 768. The van der Waals surface area contributed by atoms with Crippen molar-refractivity contribution in [2.45, 2.75) is 23.6 Å². The maximum atomic E-state index is 12.1. The van der Waals surface area contributed by atoms with Gasteiger partial charge in [-0.15, -0.1) is 11.8 Å². The van der Waals surface area contributed by atoms with Gasteiger partial charge in [-0.1, -0.05) is 30.3 Å². The summed E-state index contributed by atoms with van der Waals surface area (Å²) in [5.74, 6) is 0.769. The van der Waals surface area contributed by atoms with Crippen molar-refractivity contribution in [3.8, 4) is 0 Å². The zero-order valence-corrected chi connectivity index (χ0v) is 13.1. The maximum Gasteiger partial charge on any atom is 0.233 e. The van der Waals surface area contributed by atoms with Crippen LogP contribution in [0, 0.1) is 0 Å². The predicted molar refractivity (Wildman–Crippen MR) is 89.8 cm³/mol. The Morgan fingerprint density at radius 3 is 2.73 bits per heavy atom. The molecule has 4 heteroatoms. The van der Waals surface area contributed by atoms with E-state index >= 15 is 0 Å². The van der Waals surface area contributed by atoms with Gasteiger partial charge < -0.3 is 9.73 Å². The van der Waals surface area contributed by atoms with E-state index in [2.05, 4.69) is 35.6 Å². The second-order valence-electron chi connectivity index (χ2n) is 5.07. The molecule has 1 atom stereocenters. The molecule has 1 aromatic heterocycles. The lowest BCUT2D eigenvalue weighted by Gasteiger charge is -2.11. The van der Waals surface area contributed by atoms with Crippen molar-refractivity contribution >= 4 is 28.4 Å². The van der Waals surface area contributed by atoms with Crippen LogP contribution in [0.4, 0.5) is 0 Å². The first-order chi connectivity index (χ1) is 10.7. The Kier molecular flexibility index (Phi) is 4.49. The first-order valence-corrected chi connectivity index (χ1v) is 8.06. The largest absolute Gasteiger partial charge is 0.467 e. The fourth-order valence-corrected chi connectivity index (χ4v) is 3.17. The quantitative estimate of drug-likeness (QED) is 0.717. The Hall–Kier alpha value is -2.20. The highest BCUT2D eigenvalue weighted by atomic mass is 32.2. The summed E-state index contributed by atoms with van der Waals surface area (Å²) in [6.45, 7) is 2.34. The van der Waals surface area contributed by atoms with Crippen molar-refractivity contribution in [3.63, 3.8) is 0 Å². The molecule has 3 nitrogen and oxygen atoms in total. The minimum Gasteiger partial charge on any atom is -0.467 e. The first kappa shape index (κ1) is 14.7. The van der Waals surface area contributed by atoms with Crippen LogP contribution >= 0.6 is 11.8 Å². The number of benzene rings is 2. The summed E-state index contributed by atoms with van der Waals surface area (Å²) in [6.07, 6.45) is 1.61. The molecule has 3 rings (SSSR count). The highest BCUT2D eigenvalue weighted by Crippen LogP contribution is 2.27. The van der Waals surface area contributed by atoms with Gasteiger partial charge in [-0.2, -0.15) is 0 Å². The van der Waals surface area contributed by atoms with Gasteiger partial charge in [-0.25, -0.2) is 0 Å². The standard InChI is InChI=1S/C18H17NO2S/c1-13(18(20)19-12-16-7-4-10-21-16)22-17-9-8-14-5-2-3-6-15(14)11-17/h2-11,13H,12H2,1H3,(H,19,20)/t13-/m0/s1. The van der Waals surface area contributed by atoms with Crippen LogP contribution in [-0.2, 0) is 11.3 Å². The predicted octanol–water partition coefficient (Wildman–Crippen LogP) is 4.23. The van der Waals surface area contributed by atoms with Gasteiger partial charge in [0.25, 0.3) is 0 Å². The number of fused-ring (bicyclic) bond motifs is 1. The van der Waals surface area contributed by atoms with Crippen molar-refractivity contribution in [1.29, 1.82) is 0 Å². The number of thioether (sulfide) groups is 1. The average molecular weight is 311 g/mol. The van der Waals surface area contributed by atoms with E-state index < -0.39 is 0 Å². The molecule has 0 aliphatic heterocycles. The fraction of sp³-hybridized carbons (Fsp3) is 0.167. The number of carbonyl (C=O) groups excluding carboxylic acids is 1. The van der Waals surface area contributed by atoms with E-state index in [9.17, 15) is 4.79 Å². The van der Waals surface area contributed by atoms with Crippen LogP contribution in [0.15, 0.2) is 70.2 Å². The number of rotatable bonds is 5. The molecule has 0 aliphatic carbocycles. The summed E-state index contributed by atoms with van der Waals surface area (Å²) >= 11 is 1.56. The van der Waals surface area contributed by atoms with E-state index in [-0.39, 0.29) is 11.2 Å². The van der Waals surface area contributed by atoms with Gasteiger partial charge in [0.1, 0.15) is 5.76 Å². The molecular formula is C18H17NO2S. The first-order valence-electron chi connectivity index (χ1n) is 7.18. The SMILES string of the molecule is C[C@H](Sc1ccc2ccccc2c1)C(=O)NCc1ccco1. The van der Waals surface area contributed by atoms with Crippen LogP contribution in [0.25, 0.3) is 10.8 Å². The van der Waals surface area contributed by atoms with Crippen molar-refractivity contribution in [2.75, 3.05) is 0 Å². The van der Waals surface area contributed by atoms with Crippen molar-refractivity contribution in [3.05, 3.63) is 66.6 Å². The maximum absolute atomic E-state index is 12.1. The van der Waals surface area contributed by atoms with E-state index in [1.165, 1.54) is 10.8 Å². The summed E-state index contributed by atoms with van der Waals surface area (Å²) in [7, 11) is 0. The molecule has 0 radical (unpaired) electrons. The third-order valence-electron chi connectivity index (χ3n) is 3.42. The average Bonchev–Trinajstić information content (AvgIpc) is 3.06. The summed E-state index contributed by atoms with van der Waals surface area (Å²) in [5, 5.41) is 5.13. The molecule has 1 N–H and O–H groups in total. The lowest BCUT2D eigenvalue weighted by atomic mass is 10.1. The Morgan fingerprint density at radius 2 is 1.95 bits per heavy atom. The van der Waals surface area contributed by atoms with E-state index in [1.807, 2.05) is 31.2 Å². The number of hydrogen-bond donors (Lipinski definition) is 1. The highest BCUT2D eigenvalue weighted by Gasteiger charge is 2.14. The van der Waals surface area contributed by atoms with Crippen LogP contribution in [0.2, 0.25) is 0 Å². The molecule has 0 saturated carbocycles. The van der Waals surface area contributed by atoms with Crippen LogP contribution in [0.5, 0.6) is 0 Å². The van der Waals surface area contributed by atoms with Crippen LogP contribution in [0.3, 0.4) is 0 Å². The summed E-state index contributed by atoms with van der Waals surface area (Å²) < 4.78 is 5.21. The third-order valence-corrected chi connectivity index (χ3v) is 4.51. The van der Waals surface area contributed by atoms with E-state index in [0.29, 0.717) is 6.54 Å². The molecular weight excluding hydrogens is 294 g/mol. The van der Waals surface area contributed by atoms with Gasteiger partial charge in [-0.3, -0.25) is 4.79 Å². The molecule has 22 heavy (non-hydrogen) atoms. The number of amides is 1. The van der Waals surface area contributed by atoms with Gasteiger partial charge in [0.2, 0.25) is 5.91 Å². The van der Waals surface area contributed by atoms with Crippen molar-refractivity contribution < 1.29 is 9.21 Å². The third kappa shape index (κ3) is 3.52. The monoisotopic (exact) mass is 311 g/mol. The molecule has 0 fully saturated rings. The van der Waals surface area contributed by atoms with E-state index in [0.717, 1.165) is 10.7 Å². The topological polar surface area (TPSA) is 42.2 Å². The van der Waals surface area contributed by atoms with Crippen LogP contribution in [0.1, 0.15) is 12.7 Å². The van der Waals surface area contributed by atoms with E-state index in [4.69, 9.17) is 4.42 Å². The Balaban J connectivity index is 1.61. The second-order valence-corrected chi connectivity index (χ2v) is 6.48. The van der Waals surface area contributed by atoms with Gasteiger partial charge >= 0.3 is 0 Å². The van der Waals surface area contributed by atoms with E-state index in [1.54, 1.807) is 18.0 Å². The molecule has 2 aromatic carbocycles. The lowest BCUT2D eigenvalue weighted by Crippen LogP contribution is -2.30. The zero-order chi connectivity index (χ0) is 15.4. The second kappa shape index (κ2) is 6.71. The summed E-state index contributed by atoms with van der Waals surface area (Å²) in [5.41, 5.74) is 0. The molecule has 3 aromatic rings. The molecule has 0 spiro atoms. The minimum absolute atomic E-state index is 0.00885. The van der Waals surface area contributed by atoms with Crippen molar-refractivity contribution in [1.82, 2.24) is 5.32 Å². The van der Waals surface area contributed by atoms with Crippen LogP contribution < -0.4 is 5.32 Å². The summed E-state index contributed by atoms with van der Waals surface area (Å²) in [6, 6.07) is 18.2. The fourth-order valence-electron chi connectivity index (χ4n) is 2.23. The smallest absolute Gasteiger partial charge is 0.233 e. The summed E-state index contributed by atoms with van der Waals surface area (Å²) in [4.78, 5) is 13.2. The van der Waals surface area contributed by atoms with Gasteiger partial charge in [0, 0.05) is 4.90 Å². The Labute approximate surface area is 133 Å². The van der Waals surface area contributed by atoms with Crippen molar-refractivity contribution in [2.24, 2.45) is 0 Å². The molecule has 1 heterocycles. The number of nitrogens with one attached hydrogen (secondary N) is 1. The lowest BCUT2D eigenvalue weighted by molar-refractivity contribution is -0.120. The molecule has 112 valence electrons. The zero-order valence-electron chi connectivity index (χ0n) is 12.3. The minimum atomic E-state index is -0.156. The normalized spacial score (nSPS) is 12.2. The molecule has 0 unspecified atom stereocenters. The highest BCUT2D eigenvalue weighted by molar-refractivity contribution is 8.00. The Morgan fingerprint density at radius 1 is 1.14 bits per heavy atom. The number of furan rings is 1. The van der Waals surface area contributed by atoms with Gasteiger partial charge in [-0.05, 0) is 42.0 Å². The van der Waals surface area contributed by atoms with Gasteiger partial charge in [0.05, 0.1) is 18.1 Å². The molecule has 1 amide bonds. The number of carbonyl (C=O) groups is 1. The van der Waals surface area contributed by atoms with Gasteiger partial charge in [0.15, 0.2) is 0 Å². The molecule has 0 saturated heterocycles. The number of hydrogen-bond acceptors (Lipinski definition) is 3. The molecule has 0 bridgehead atoms. The van der Waals surface area contributed by atoms with Crippen LogP contribution in [-0.4, -0.2) is 11.2 Å².